The Balaban J connectivity index is 3.39. The first-order valence-electron chi connectivity index (χ1n) is 3.63. The molecule has 6 heteroatoms. The van der Waals surface area contributed by atoms with Gasteiger partial charge in [0.1, 0.15) is 6.67 Å². The van der Waals surface area contributed by atoms with Crippen molar-refractivity contribution in [1.82, 2.24) is 0 Å². The number of nitrogens with two attached hydrogens (primary N) is 1. The summed E-state index contributed by atoms with van der Waals surface area (Å²) in [6.07, 6.45) is 0. The molecule has 1 rings (SSSR count). The molecule has 2 N–H and O–H groups in total. The van der Waals surface area contributed by atoms with Gasteiger partial charge in [0.15, 0.2) is 23.3 Å². The maximum Gasteiger partial charge on any atom is 0.166 e. The van der Waals surface area contributed by atoms with E-state index < -0.39 is 41.5 Å². The Morgan fingerprint density at radius 1 is 1.07 bits per heavy atom. The van der Waals surface area contributed by atoms with Crippen LogP contribution in [0, 0.1) is 23.3 Å². The molecule has 1 atom stereocenters. The average Bonchev–Trinajstić information content (AvgIpc) is 2.15. The van der Waals surface area contributed by atoms with Gasteiger partial charge in [0.05, 0.1) is 6.04 Å². The fourth-order valence-electron chi connectivity index (χ4n) is 0.994. The highest BCUT2D eigenvalue weighted by Crippen LogP contribution is 2.24. The summed E-state index contributed by atoms with van der Waals surface area (Å²) in [6.45, 7) is -1.31. The second-order valence-corrected chi connectivity index (χ2v) is 2.64. The zero-order valence-electron chi connectivity index (χ0n) is 6.83. The van der Waals surface area contributed by atoms with Crippen LogP contribution >= 0.6 is 0 Å². The van der Waals surface area contributed by atoms with Gasteiger partial charge in [0, 0.05) is 11.6 Å². The summed E-state index contributed by atoms with van der Waals surface area (Å²) in [5, 5.41) is 0. The molecule has 1 aromatic carbocycles. The molecule has 1 nitrogen and oxygen atoms in total. The van der Waals surface area contributed by atoms with E-state index in [-0.39, 0.29) is 6.07 Å². The Labute approximate surface area is 76.3 Å². The van der Waals surface area contributed by atoms with Gasteiger partial charge in [-0.3, -0.25) is 0 Å². The highest BCUT2D eigenvalue weighted by molar-refractivity contribution is 5.25. The zero-order chi connectivity index (χ0) is 10.9. The summed E-state index contributed by atoms with van der Waals surface area (Å²) in [5.41, 5.74) is 3.84. The minimum atomic E-state index is -1.71. The molecule has 14 heavy (non-hydrogen) atoms. The van der Waals surface area contributed by atoms with E-state index in [2.05, 4.69) is 0 Å². The maximum atomic E-state index is 12.9. The van der Waals surface area contributed by atoms with Crippen LogP contribution in [0.2, 0.25) is 0 Å². The Bertz CT molecular complexity index is 326. The van der Waals surface area contributed by atoms with Gasteiger partial charge in [-0.15, -0.1) is 0 Å². The van der Waals surface area contributed by atoms with Gasteiger partial charge in [0.25, 0.3) is 0 Å². The molecule has 0 fully saturated rings. The van der Waals surface area contributed by atoms with Gasteiger partial charge in [-0.05, 0) is 0 Å². The van der Waals surface area contributed by atoms with E-state index in [9.17, 15) is 22.0 Å². The van der Waals surface area contributed by atoms with Crippen molar-refractivity contribution in [2.75, 3.05) is 6.67 Å². The molecular formula is C8H6F5N. The lowest BCUT2D eigenvalue weighted by atomic mass is 10.1. The Morgan fingerprint density at radius 3 is 1.86 bits per heavy atom. The predicted molar refractivity (Wildman–Crippen MR) is 39.2 cm³/mol. The van der Waals surface area contributed by atoms with Crippen molar-refractivity contribution in [3.63, 3.8) is 0 Å². The van der Waals surface area contributed by atoms with Crippen LogP contribution in [0.15, 0.2) is 6.07 Å². The number of hydrogen-bond acceptors (Lipinski definition) is 1. The van der Waals surface area contributed by atoms with Gasteiger partial charge < -0.3 is 5.73 Å². The van der Waals surface area contributed by atoms with Crippen LogP contribution < -0.4 is 5.73 Å². The van der Waals surface area contributed by atoms with Crippen LogP contribution in [-0.2, 0) is 0 Å². The third-order valence-corrected chi connectivity index (χ3v) is 1.68. The Hall–Kier alpha value is -1.17. The molecule has 0 aliphatic heterocycles. The SMILES string of the molecule is NC(CF)c1c(F)c(F)cc(F)c1F. The number of benzene rings is 1. The molecule has 78 valence electrons. The molecule has 1 unspecified atom stereocenters. The van der Waals surface area contributed by atoms with Gasteiger partial charge in [0.2, 0.25) is 0 Å². The number of hydrogen-bond donors (Lipinski definition) is 1. The van der Waals surface area contributed by atoms with Crippen LogP contribution in [0.25, 0.3) is 0 Å². The van der Waals surface area contributed by atoms with E-state index in [0.717, 1.165) is 0 Å². The maximum absolute atomic E-state index is 12.9. The van der Waals surface area contributed by atoms with E-state index in [1.165, 1.54) is 0 Å². The topological polar surface area (TPSA) is 26.0 Å². The summed E-state index contributed by atoms with van der Waals surface area (Å²) < 4.78 is 62.8. The zero-order valence-corrected chi connectivity index (χ0v) is 6.83. The summed E-state index contributed by atoms with van der Waals surface area (Å²) in [6, 6.07) is -1.67. The second-order valence-electron chi connectivity index (χ2n) is 2.64. The minimum absolute atomic E-state index is 0.0408. The molecule has 0 aromatic heterocycles. The fraction of sp³-hybridized carbons (Fsp3) is 0.250. The largest absolute Gasteiger partial charge is 0.322 e. The summed E-state index contributed by atoms with van der Waals surface area (Å²) >= 11 is 0. The fourth-order valence-corrected chi connectivity index (χ4v) is 0.994. The standard InChI is InChI=1S/C8H6F5N/c9-2-5(14)6-7(12)3(10)1-4(11)8(6)13/h1,5H,2,14H2. The average molecular weight is 211 g/mol. The van der Waals surface area contributed by atoms with Crippen molar-refractivity contribution in [1.29, 1.82) is 0 Å². The third-order valence-electron chi connectivity index (χ3n) is 1.68. The highest BCUT2D eigenvalue weighted by atomic mass is 19.2. The van der Waals surface area contributed by atoms with Crippen molar-refractivity contribution >= 4 is 0 Å². The highest BCUT2D eigenvalue weighted by Gasteiger charge is 2.23. The molecular weight excluding hydrogens is 205 g/mol. The first-order valence-corrected chi connectivity index (χ1v) is 3.63. The van der Waals surface area contributed by atoms with Crippen molar-refractivity contribution in [3.05, 3.63) is 34.9 Å². The second kappa shape index (κ2) is 3.91. The molecule has 0 saturated carbocycles. The Kier molecular flexibility index (Phi) is 3.05. The lowest BCUT2D eigenvalue weighted by Crippen LogP contribution is -2.18. The van der Waals surface area contributed by atoms with E-state index in [0.29, 0.717) is 0 Å². The van der Waals surface area contributed by atoms with E-state index in [4.69, 9.17) is 5.73 Å². The lowest BCUT2D eigenvalue weighted by molar-refractivity contribution is 0.386. The molecule has 0 radical (unpaired) electrons. The Morgan fingerprint density at radius 2 is 1.50 bits per heavy atom. The van der Waals surface area contributed by atoms with Crippen molar-refractivity contribution in [2.24, 2.45) is 5.73 Å². The van der Waals surface area contributed by atoms with Gasteiger partial charge in [-0.2, -0.15) is 0 Å². The van der Waals surface area contributed by atoms with Crippen LogP contribution in [0.1, 0.15) is 11.6 Å². The normalized spacial score (nSPS) is 13.0. The molecule has 0 aliphatic carbocycles. The predicted octanol–water partition coefficient (Wildman–Crippen LogP) is 2.21. The number of halogens is 5. The first-order chi connectivity index (χ1) is 6.49. The van der Waals surface area contributed by atoms with E-state index >= 15 is 0 Å². The van der Waals surface area contributed by atoms with Crippen LogP contribution in [0.3, 0.4) is 0 Å². The summed E-state index contributed by atoms with van der Waals surface area (Å²) in [4.78, 5) is 0. The van der Waals surface area contributed by atoms with Crippen molar-refractivity contribution < 1.29 is 22.0 Å². The van der Waals surface area contributed by atoms with Crippen molar-refractivity contribution in [3.8, 4) is 0 Å². The molecule has 0 aliphatic rings. The summed E-state index contributed by atoms with van der Waals surface area (Å²) in [7, 11) is 0. The molecule has 0 spiro atoms. The van der Waals surface area contributed by atoms with Crippen LogP contribution in [-0.4, -0.2) is 6.67 Å². The minimum Gasteiger partial charge on any atom is -0.322 e. The molecule has 0 heterocycles. The van der Waals surface area contributed by atoms with Gasteiger partial charge in [-0.1, -0.05) is 0 Å². The first kappa shape index (κ1) is 10.9. The van der Waals surface area contributed by atoms with E-state index in [1.807, 2.05) is 0 Å². The van der Waals surface area contributed by atoms with Crippen LogP contribution in [0.4, 0.5) is 22.0 Å². The molecule has 1 aromatic rings. The van der Waals surface area contributed by atoms with Gasteiger partial charge >= 0.3 is 0 Å². The molecule has 0 bridgehead atoms. The summed E-state index contributed by atoms with van der Waals surface area (Å²) in [5.74, 6) is -6.51. The lowest BCUT2D eigenvalue weighted by Gasteiger charge is -2.10. The van der Waals surface area contributed by atoms with Crippen LogP contribution in [0.5, 0.6) is 0 Å². The van der Waals surface area contributed by atoms with Crippen molar-refractivity contribution in [2.45, 2.75) is 6.04 Å². The third kappa shape index (κ3) is 1.70. The van der Waals surface area contributed by atoms with Gasteiger partial charge in [-0.25, -0.2) is 22.0 Å². The number of alkyl halides is 1. The number of rotatable bonds is 2. The molecule has 0 saturated heterocycles. The van der Waals surface area contributed by atoms with E-state index in [1.54, 1.807) is 0 Å². The smallest absolute Gasteiger partial charge is 0.166 e. The molecule has 0 amide bonds. The quantitative estimate of drug-likeness (QED) is 0.589. The monoisotopic (exact) mass is 211 g/mol.